The van der Waals surface area contributed by atoms with Crippen molar-refractivity contribution in [2.75, 3.05) is 0 Å². The molecule has 0 spiro atoms. The van der Waals surface area contributed by atoms with Crippen molar-refractivity contribution in [1.82, 2.24) is 4.98 Å². The van der Waals surface area contributed by atoms with Crippen molar-refractivity contribution in [3.8, 4) is 0 Å². The molecule has 1 aromatic carbocycles. The number of fused-ring (bicyclic) bond motifs is 1. The van der Waals surface area contributed by atoms with Crippen molar-refractivity contribution in [3.63, 3.8) is 0 Å². The second kappa shape index (κ2) is 4.63. The van der Waals surface area contributed by atoms with Crippen LogP contribution in [0.15, 0.2) is 61.1 Å². The highest BCUT2D eigenvalue weighted by atomic mass is 16.3. The minimum absolute atomic E-state index is 0.506. The Morgan fingerprint density at radius 3 is 2.67 bits per heavy atom. The molecule has 0 saturated heterocycles. The Morgan fingerprint density at radius 2 is 1.83 bits per heavy atom. The van der Waals surface area contributed by atoms with Crippen molar-refractivity contribution >= 4 is 10.9 Å². The van der Waals surface area contributed by atoms with Crippen molar-refractivity contribution < 1.29 is 9.67 Å². The van der Waals surface area contributed by atoms with Gasteiger partial charge in [-0.1, -0.05) is 24.3 Å². The lowest BCUT2D eigenvalue weighted by atomic mass is 10.1. The van der Waals surface area contributed by atoms with Gasteiger partial charge in [0, 0.05) is 34.8 Å². The minimum atomic E-state index is -0.506. The molecule has 0 radical (unpaired) electrons. The zero-order chi connectivity index (χ0) is 12.4. The first-order chi connectivity index (χ1) is 8.84. The van der Waals surface area contributed by atoms with Crippen molar-refractivity contribution in [1.29, 1.82) is 0 Å². The zero-order valence-electron chi connectivity index (χ0n) is 9.95. The first-order valence-corrected chi connectivity index (χ1v) is 6.03. The highest BCUT2D eigenvalue weighted by molar-refractivity contribution is 5.83. The van der Waals surface area contributed by atoms with Crippen molar-refractivity contribution in [2.24, 2.45) is 0 Å². The predicted molar refractivity (Wildman–Crippen MR) is 69.9 cm³/mol. The van der Waals surface area contributed by atoms with E-state index in [0.717, 1.165) is 16.5 Å². The number of nitrogens with one attached hydrogen (secondary N) is 1. The van der Waals surface area contributed by atoms with E-state index in [0.29, 0.717) is 6.54 Å². The third-order valence-corrected chi connectivity index (χ3v) is 3.14. The van der Waals surface area contributed by atoms with Gasteiger partial charge in [0.15, 0.2) is 18.9 Å². The first-order valence-electron chi connectivity index (χ1n) is 6.03. The molecule has 2 aromatic heterocycles. The molecule has 18 heavy (non-hydrogen) atoms. The summed E-state index contributed by atoms with van der Waals surface area (Å²) in [5.41, 5.74) is 2.01. The van der Waals surface area contributed by atoms with Crippen LogP contribution in [0, 0.1) is 0 Å². The second-order valence-electron chi connectivity index (χ2n) is 4.38. The quantitative estimate of drug-likeness (QED) is 0.676. The number of rotatable bonds is 3. The Labute approximate surface area is 105 Å². The molecule has 1 atom stereocenters. The topological polar surface area (TPSA) is 39.9 Å². The summed E-state index contributed by atoms with van der Waals surface area (Å²) >= 11 is 0. The van der Waals surface area contributed by atoms with Crippen LogP contribution in [0.1, 0.15) is 11.7 Å². The molecule has 0 amide bonds. The van der Waals surface area contributed by atoms with Crippen LogP contribution in [-0.4, -0.2) is 10.1 Å². The third-order valence-electron chi connectivity index (χ3n) is 3.14. The Balaban J connectivity index is 1.90. The van der Waals surface area contributed by atoms with Crippen LogP contribution < -0.4 is 4.57 Å². The van der Waals surface area contributed by atoms with Crippen LogP contribution in [0.5, 0.6) is 0 Å². The van der Waals surface area contributed by atoms with Gasteiger partial charge in [0.1, 0.15) is 6.10 Å². The highest BCUT2D eigenvalue weighted by Gasteiger charge is 2.16. The van der Waals surface area contributed by atoms with Crippen LogP contribution in [-0.2, 0) is 6.54 Å². The van der Waals surface area contributed by atoms with E-state index in [1.54, 1.807) is 0 Å². The lowest BCUT2D eigenvalue weighted by molar-refractivity contribution is -0.704. The van der Waals surface area contributed by atoms with E-state index >= 15 is 0 Å². The maximum Gasteiger partial charge on any atom is 0.178 e. The Hall–Kier alpha value is -2.13. The number of pyridine rings is 1. The number of para-hydroxylation sites is 1. The van der Waals surface area contributed by atoms with Crippen LogP contribution in [0.3, 0.4) is 0 Å². The molecule has 2 heterocycles. The van der Waals surface area contributed by atoms with Crippen LogP contribution in [0.25, 0.3) is 10.9 Å². The summed E-state index contributed by atoms with van der Waals surface area (Å²) < 4.78 is 1.98. The summed E-state index contributed by atoms with van der Waals surface area (Å²) in [5.74, 6) is 0. The molecule has 0 aliphatic carbocycles. The summed E-state index contributed by atoms with van der Waals surface area (Å²) in [7, 11) is 0. The number of aromatic nitrogens is 2. The summed E-state index contributed by atoms with van der Waals surface area (Å²) in [6.45, 7) is 0.558. The number of hydrogen-bond donors (Lipinski definition) is 2. The SMILES string of the molecule is OC(C[n+]1ccccc1)c1c[nH]c2ccccc12. The maximum absolute atomic E-state index is 10.3. The smallest absolute Gasteiger partial charge is 0.178 e. The van der Waals surface area contributed by atoms with Gasteiger partial charge in [-0.3, -0.25) is 0 Å². The van der Waals surface area contributed by atoms with Gasteiger partial charge in [-0.2, -0.15) is 0 Å². The molecule has 0 saturated carbocycles. The van der Waals surface area contributed by atoms with E-state index in [1.807, 2.05) is 65.6 Å². The van der Waals surface area contributed by atoms with E-state index in [2.05, 4.69) is 4.98 Å². The Morgan fingerprint density at radius 1 is 1.06 bits per heavy atom. The number of benzene rings is 1. The summed E-state index contributed by atoms with van der Waals surface area (Å²) in [6.07, 6.45) is 5.29. The maximum atomic E-state index is 10.3. The number of nitrogens with zero attached hydrogens (tertiary/aromatic N) is 1. The van der Waals surface area contributed by atoms with E-state index in [4.69, 9.17) is 0 Å². The normalized spacial score (nSPS) is 12.7. The molecule has 3 nitrogen and oxygen atoms in total. The predicted octanol–water partition coefficient (Wildman–Crippen LogP) is 2.19. The van der Waals surface area contributed by atoms with Crippen molar-refractivity contribution in [2.45, 2.75) is 12.6 Å². The van der Waals surface area contributed by atoms with Gasteiger partial charge in [0.2, 0.25) is 0 Å². The van der Waals surface area contributed by atoms with E-state index in [1.165, 1.54) is 0 Å². The van der Waals surface area contributed by atoms with Gasteiger partial charge in [-0.25, -0.2) is 4.57 Å². The van der Waals surface area contributed by atoms with Gasteiger partial charge in [0.25, 0.3) is 0 Å². The molecular weight excluding hydrogens is 224 g/mol. The molecule has 90 valence electrons. The fourth-order valence-electron chi connectivity index (χ4n) is 2.22. The minimum Gasteiger partial charge on any atom is -0.382 e. The van der Waals surface area contributed by atoms with Crippen LogP contribution in [0.2, 0.25) is 0 Å². The number of aliphatic hydroxyl groups is 1. The number of hydrogen-bond acceptors (Lipinski definition) is 1. The molecule has 3 rings (SSSR count). The van der Waals surface area contributed by atoms with Gasteiger partial charge >= 0.3 is 0 Å². The van der Waals surface area contributed by atoms with Crippen molar-refractivity contribution in [3.05, 3.63) is 66.6 Å². The highest BCUT2D eigenvalue weighted by Crippen LogP contribution is 2.23. The Bertz CT molecular complexity index is 646. The molecule has 3 heteroatoms. The summed E-state index contributed by atoms with van der Waals surface area (Å²) in [5, 5.41) is 11.4. The molecule has 2 N–H and O–H groups in total. The van der Waals surface area contributed by atoms with E-state index in [9.17, 15) is 5.11 Å². The molecule has 3 aromatic rings. The number of aliphatic hydroxyl groups excluding tert-OH is 1. The fraction of sp³-hybridized carbons (Fsp3) is 0.133. The average molecular weight is 239 g/mol. The van der Waals surface area contributed by atoms with Gasteiger partial charge in [0.05, 0.1) is 0 Å². The lowest BCUT2D eigenvalue weighted by Gasteiger charge is -2.06. The summed E-state index contributed by atoms with van der Waals surface area (Å²) in [6, 6.07) is 13.9. The standard InChI is InChI=1S/C15H15N2O/c18-15(11-17-8-4-1-5-9-17)13-10-16-14-7-3-2-6-12(13)14/h1-10,15-16,18H,11H2/q+1. The zero-order valence-corrected chi connectivity index (χ0v) is 9.95. The van der Waals surface area contributed by atoms with E-state index in [-0.39, 0.29) is 0 Å². The molecule has 0 fully saturated rings. The van der Waals surface area contributed by atoms with Gasteiger partial charge < -0.3 is 10.1 Å². The van der Waals surface area contributed by atoms with Gasteiger partial charge in [-0.05, 0) is 6.07 Å². The molecule has 0 bridgehead atoms. The Kier molecular flexibility index (Phi) is 2.82. The average Bonchev–Trinajstić information content (AvgIpc) is 2.84. The van der Waals surface area contributed by atoms with Gasteiger partial charge in [-0.15, -0.1) is 0 Å². The monoisotopic (exact) mass is 239 g/mol. The summed E-state index contributed by atoms with van der Waals surface area (Å²) in [4.78, 5) is 3.19. The third kappa shape index (κ3) is 2.00. The van der Waals surface area contributed by atoms with Crippen LogP contribution >= 0.6 is 0 Å². The largest absolute Gasteiger partial charge is 0.382 e. The number of H-pyrrole nitrogens is 1. The fourth-order valence-corrected chi connectivity index (χ4v) is 2.22. The molecular formula is C15H15N2O+. The first kappa shape index (κ1) is 11.0. The van der Waals surface area contributed by atoms with Crippen LogP contribution in [0.4, 0.5) is 0 Å². The van der Waals surface area contributed by atoms with E-state index < -0.39 is 6.10 Å². The second-order valence-corrected chi connectivity index (χ2v) is 4.38. The number of aromatic amines is 1. The molecule has 0 aliphatic rings. The molecule has 0 aliphatic heterocycles. The molecule has 1 unspecified atom stereocenters. The lowest BCUT2D eigenvalue weighted by Crippen LogP contribution is -2.35.